The molecule has 0 spiro atoms. The van der Waals surface area contributed by atoms with Gasteiger partial charge >= 0.3 is 0 Å². The lowest BCUT2D eigenvalue weighted by molar-refractivity contribution is 0.867. The van der Waals surface area contributed by atoms with E-state index in [1.807, 2.05) is 13.8 Å². The molecule has 0 aromatic carbocycles. The van der Waals surface area contributed by atoms with Gasteiger partial charge < -0.3 is 0 Å². The first-order valence-corrected chi connectivity index (χ1v) is 2.36. The van der Waals surface area contributed by atoms with Gasteiger partial charge in [0.15, 0.2) is 0 Å². The minimum absolute atomic E-state index is 0.461. The van der Waals surface area contributed by atoms with Gasteiger partial charge in [0, 0.05) is 5.92 Å². The molecule has 0 nitrogen and oxygen atoms in total. The zero-order valence-corrected chi connectivity index (χ0v) is 4.92. The van der Waals surface area contributed by atoms with E-state index in [1.54, 1.807) is 0 Å². The lowest BCUT2D eigenvalue weighted by Gasteiger charge is -1.81. The molecule has 0 bridgehead atoms. The van der Waals surface area contributed by atoms with Crippen molar-refractivity contribution in [3.63, 3.8) is 0 Å². The van der Waals surface area contributed by atoms with Crippen LogP contribution >= 0.6 is 12.6 Å². The largest absolute Gasteiger partial charge is 0.0922 e. The second kappa shape index (κ2) is 3.11. The van der Waals surface area contributed by atoms with Crippen molar-refractivity contribution >= 4 is 12.6 Å². The van der Waals surface area contributed by atoms with E-state index in [9.17, 15) is 0 Å². The van der Waals surface area contributed by atoms with Crippen molar-refractivity contribution in [1.82, 2.24) is 0 Å². The molecule has 0 rings (SSSR count). The van der Waals surface area contributed by atoms with E-state index >= 15 is 0 Å². The SMILES string of the molecule is CC(C)C#CS. The van der Waals surface area contributed by atoms with Crippen molar-refractivity contribution < 1.29 is 0 Å². The molecule has 0 saturated heterocycles. The van der Waals surface area contributed by atoms with Gasteiger partial charge in [0.1, 0.15) is 0 Å². The van der Waals surface area contributed by atoms with E-state index in [-0.39, 0.29) is 0 Å². The van der Waals surface area contributed by atoms with Gasteiger partial charge in [-0.1, -0.05) is 32.4 Å². The Hall–Kier alpha value is -0.0900. The topological polar surface area (TPSA) is 0 Å². The van der Waals surface area contributed by atoms with Crippen molar-refractivity contribution in [2.45, 2.75) is 13.8 Å². The highest BCUT2D eigenvalue weighted by Crippen LogP contribution is 1.84. The molecule has 34 valence electrons. The van der Waals surface area contributed by atoms with Crippen LogP contribution in [0, 0.1) is 17.1 Å². The predicted molar refractivity (Wildman–Crippen MR) is 31.6 cm³/mol. The van der Waals surface area contributed by atoms with E-state index in [0.717, 1.165) is 0 Å². The van der Waals surface area contributed by atoms with E-state index < -0.39 is 0 Å². The highest BCUT2D eigenvalue weighted by atomic mass is 32.1. The van der Waals surface area contributed by atoms with E-state index in [2.05, 4.69) is 23.8 Å². The standard InChI is InChI=1S/C5H8S/c1-5(2)3-4-6/h5-6H,1-2H3. The fraction of sp³-hybridized carbons (Fsp3) is 0.600. The fourth-order valence-corrected chi connectivity index (χ4v) is 0.387. The molecule has 0 amide bonds. The van der Waals surface area contributed by atoms with Gasteiger partial charge in [0.25, 0.3) is 0 Å². The molecular formula is C5H8S. The van der Waals surface area contributed by atoms with Crippen LogP contribution < -0.4 is 0 Å². The van der Waals surface area contributed by atoms with Crippen LogP contribution in [0.5, 0.6) is 0 Å². The van der Waals surface area contributed by atoms with Crippen molar-refractivity contribution in [2.75, 3.05) is 0 Å². The Morgan fingerprint density at radius 3 is 2.00 bits per heavy atom. The van der Waals surface area contributed by atoms with Crippen molar-refractivity contribution in [1.29, 1.82) is 0 Å². The maximum atomic E-state index is 3.70. The summed E-state index contributed by atoms with van der Waals surface area (Å²) in [5, 5.41) is 2.51. The first kappa shape index (κ1) is 5.91. The molecule has 0 radical (unpaired) electrons. The van der Waals surface area contributed by atoms with Gasteiger partial charge in [-0.3, -0.25) is 0 Å². The van der Waals surface area contributed by atoms with Gasteiger partial charge in [-0.05, 0) is 5.25 Å². The highest BCUT2D eigenvalue weighted by Gasteiger charge is 1.76. The smallest absolute Gasteiger partial charge is 0.0155 e. The summed E-state index contributed by atoms with van der Waals surface area (Å²) in [5.41, 5.74) is 0. The second-order valence-electron chi connectivity index (χ2n) is 1.41. The molecule has 0 saturated carbocycles. The van der Waals surface area contributed by atoms with E-state index in [0.29, 0.717) is 5.92 Å². The molecule has 0 heterocycles. The molecule has 0 unspecified atom stereocenters. The molecule has 0 aliphatic rings. The molecule has 1 heteroatoms. The Balaban J connectivity index is 3.20. The fourth-order valence-electron chi connectivity index (χ4n) is 0.129. The van der Waals surface area contributed by atoms with Crippen LogP contribution in [-0.2, 0) is 0 Å². The van der Waals surface area contributed by atoms with Crippen molar-refractivity contribution in [3.05, 3.63) is 0 Å². The quantitative estimate of drug-likeness (QED) is 0.346. The summed E-state index contributed by atoms with van der Waals surface area (Å²) >= 11 is 3.70. The van der Waals surface area contributed by atoms with Crippen LogP contribution in [0.1, 0.15) is 13.8 Å². The summed E-state index contributed by atoms with van der Waals surface area (Å²) in [4.78, 5) is 0. The van der Waals surface area contributed by atoms with Gasteiger partial charge in [-0.2, -0.15) is 0 Å². The summed E-state index contributed by atoms with van der Waals surface area (Å²) in [5.74, 6) is 3.28. The second-order valence-corrected chi connectivity index (χ2v) is 1.63. The molecule has 0 atom stereocenters. The molecule has 0 aromatic rings. The Morgan fingerprint density at radius 1 is 1.50 bits per heavy atom. The van der Waals surface area contributed by atoms with Gasteiger partial charge in [0.05, 0.1) is 0 Å². The molecule has 0 N–H and O–H groups in total. The molecule has 6 heavy (non-hydrogen) atoms. The summed E-state index contributed by atoms with van der Waals surface area (Å²) < 4.78 is 0. The first-order valence-electron chi connectivity index (χ1n) is 1.92. The number of rotatable bonds is 0. The Labute approximate surface area is 44.4 Å². The first-order chi connectivity index (χ1) is 2.77. The zero-order chi connectivity index (χ0) is 4.99. The van der Waals surface area contributed by atoms with Crippen LogP contribution in [0.4, 0.5) is 0 Å². The molecule has 0 aliphatic carbocycles. The minimum atomic E-state index is 0.461. The third kappa shape index (κ3) is 3.91. The number of hydrogen-bond acceptors (Lipinski definition) is 1. The van der Waals surface area contributed by atoms with Gasteiger partial charge in [0.2, 0.25) is 0 Å². The summed E-state index contributed by atoms with van der Waals surface area (Å²) in [7, 11) is 0. The van der Waals surface area contributed by atoms with E-state index in [1.165, 1.54) is 0 Å². The summed E-state index contributed by atoms with van der Waals surface area (Å²) in [6.07, 6.45) is 0. The molecule has 0 aromatic heterocycles. The van der Waals surface area contributed by atoms with Gasteiger partial charge in [-0.15, -0.1) is 0 Å². The average Bonchev–Trinajstić information content (AvgIpc) is 1.35. The minimum Gasteiger partial charge on any atom is -0.0922 e. The average molecular weight is 100 g/mol. The van der Waals surface area contributed by atoms with Crippen molar-refractivity contribution in [3.8, 4) is 11.2 Å². The normalized spacial score (nSPS) is 7.33. The van der Waals surface area contributed by atoms with Crippen LogP contribution in [0.15, 0.2) is 0 Å². The third-order valence-electron chi connectivity index (χ3n) is 0.353. The highest BCUT2D eigenvalue weighted by molar-refractivity contribution is 7.85. The van der Waals surface area contributed by atoms with Crippen LogP contribution in [0.3, 0.4) is 0 Å². The summed E-state index contributed by atoms with van der Waals surface area (Å²) in [6.45, 7) is 4.06. The number of hydrogen-bond donors (Lipinski definition) is 1. The van der Waals surface area contributed by atoms with Gasteiger partial charge in [-0.25, -0.2) is 0 Å². The van der Waals surface area contributed by atoms with E-state index in [4.69, 9.17) is 0 Å². The number of thiol groups is 1. The lowest BCUT2D eigenvalue weighted by Crippen LogP contribution is -1.74. The van der Waals surface area contributed by atoms with Crippen LogP contribution in [-0.4, -0.2) is 0 Å². The third-order valence-corrected chi connectivity index (χ3v) is 0.482. The molecule has 0 aliphatic heterocycles. The van der Waals surface area contributed by atoms with Crippen LogP contribution in [0.25, 0.3) is 0 Å². The summed E-state index contributed by atoms with van der Waals surface area (Å²) in [6, 6.07) is 0. The molecule has 0 fully saturated rings. The lowest BCUT2D eigenvalue weighted by atomic mass is 10.2. The zero-order valence-electron chi connectivity index (χ0n) is 4.02. The Bertz CT molecular complexity index is 73.7. The van der Waals surface area contributed by atoms with Crippen LogP contribution in [0.2, 0.25) is 0 Å². The molecular weight excluding hydrogens is 92.1 g/mol. The maximum absolute atomic E-state index is 3.70. The van der Waals surface area contributed by atoms with Crippen molar-refractivity contribution in [2.24, 2.45) is 5.92 Å². The maximum Gasteiger partial charge on any atom is 0.0155 e. The Morgan fingerprint density at radius 2 is 2.00 bits per heavy atom. The predicted octanol–water partition coefficient (Wildman–Crippen LogP) is 1.53. The monoisotopic (exact) mass is 100 g/mol. The Kier molecular flexibility index (Phi) is 3.07.